The van der Waals surface area contributed by atoms with E-state index in [0.717, 1.165) is 4.31 Å². The number of alkyl halides is 2. The van der Waals surface area contributed by atoms with Crippen LogP contribution in [0.5, 0.6) is 0 Å². The highest BCUT2D eigenvalue weighted by atomic mass is 35.5. The summed E-state index contributed by atoms with van der Waals surface area (Å²) in [6.07, 6.45) is 0.269. The molecule has 7 nitrogen and oxygen atoms in total. The molecule has 0 spiro atoms. The van der Waals surface area contributed by atoms with Crippen molar-refractivity contribution in [3.63, 3.8) is 0 Å². The van der Waals surface area contributed by atoms with Crippen LogP contribution in [0.15, 0.2) is 29.2 Å². The monoisotopic (exact) mass is 408 g/mol. The molecule has 0 saturated heterocycles. The van der Waals surface area contributed by atoms with Crippen LogP contribution in [0.3, 0.4) is 0 Å². The molecule has 0 aromatic heterocycles. The molecule has 1 saturated carbocycles. The van der Waals surface area contributed by atoms with Crippen molar-refractivity contribution >= 4 is 50.8 Å². The summed E-state index contributed by atoms with van der Waals surface area (Å²) in [5.74, 6) is -1.20. The lowest BCUT2D eigenvalue weighted by atomic mass is 10.1. The smallest absolute Gasteiger partial charge is 0.315 e. The molecule has 1 N–H and O–H groups in total. The molecule has 1 aliphatic carbocycles. The van der Waals surface area contributed by atoms with E-state index in [-0.39, 0.29) is 11.3 Å². The maximum Gasteiger partial charge on any atom is 0.315 e. The zero-order valence-electron chi connectivity index (χ0n) is 13.9. The first-order chi connectivity index (χ1) is 11.4. The normalized spacial score (nSPS) is 21.7. The molecular formula is C15H18Cl2N2O5S. The predicted octanol–water partition coefficient (Wildman–Crippen LogP) is 2.00. The molecule has 25 heavy (non-hydrogen) atoms. The van der Waals surface area contributed by atoms with Gasteiger partial charge in [-0.3, -0.25) is 9.59 Å². The number of carbonyl (C=O) groups excluding carboxylic acids is 2. The van der Waals surface area contributed by atoms with Gasteiger partial charge in [-0.25, -0.2) is 12.7 Å². The van der Waals surface area contributed by atoms with Crippen LogP contribution in [0, 0.1) is 5.41 Å². The van der Waals surface area contributed by atoms with Gasteiger partial charge in [0.2, 0.25) is 10.0 Å². The van der Waals surface area contributed by atoms with Gasteiger partial charge in [-0.05, 0) is 31.2 Å². The standard InChI is InChI=1S/C15H18Cl2N2O5S/c1-14(9-15(14,16)17)13(21)24-8-12(20)18-10-4-6-11(7-5-10)25(22,23)19(2)3/h4-7H,8-9H2,1-3H3,(H,18,20). The molecule has 0 aliphatic heterocycles. The number of carbonyl (C=O) groups is 2. The lowest BCUT2D eigenvalue weighted by Gasteiger charge is -2.13. The van der Waals surface area contributed by atoms with Crippen LogP contribution in [-0.2, 0) is 24.3 Å². The Morgan fingerprint density at radius 3 is 2.20 bits per heavy atom. The van der Waals surface area contributed by atoms with E-state index < -0.39 is 38.3 Å². The Labute approximate surface area is 156 Å². The van der Waals surface area contributed by atoms with E-state index in [4.69, 9.17) is 27.9 Å². The number of hydrogen-bond donors (Lipinski definition) is 1. The Kier molecular flexibility index (Phi) is 5.39. The van der Waals surface area contributed by atoms with E-state index in [1.165, 1.54) is 38.4 Å². The summed E-state index contributed by atoms with van der Waals surface area (Å²) in [6, 6.07) is 5.64. The lowest BCUT2D eigenvalue weighted by Crippen LogP contribution is -2.26. The summed E-state index contributed by atoms with van der Waals surface area (Å²) in [7, 11) is -0.684. The molecule has 138 valence electrons. The molecular weight excluding hydrogens is 391 g/mol. The molecule has 1 aromatic rings. The van der Waals surface area contributed by atoms with Crippen molar-refractivity contribution in [3.8, 4) is 0 Å². The van der Waals surface area contributed by atoms with E-state index in [9.17, 15) is 18.0 Å². The summed E-state index contributed by atoms with van der Waals surface area (Å²) in [5.41, 5.74) is -0.626. The van der Waals surface area contributed by atoms with Crippen LogP contribution in [0.1, 0.15) is 13.3 Å². The Morgan fingerprint density at radius 2 is 1.76 bits per heavy atom. The first-order valence-electron chi connectivity index (χ1n) is 7.28. The highest BCUT2D eigenvalue weighted by Crippen LogP contribution is 2.64. The third-order valence-electron chi connectivity index (χ3n) is 3.96. The molecule has 2 rings (SSSR count). The Morgan fingerprint density at radius 1 is 1.24 bits per heavy atom. The van der Waals surface area contributed by atoms with Gasteiger partial charge in [0.1, 0.15) is 9.75 Å². The second-order valence-corrected chi connectivity index (χ2v) is 9.79. The van der Waals surface area contributed by atoms with Crippen LogP contribution in [-0.4, -0.2) is 49.6 Å². The average Bonchev–Trinajstić information content (AvgIpc) is 3.05. The van der Waals surface area contributed by atoms with E-state index in [0.29, 0.717) is 5.69 Å². The van der Waals surface area contributed by atoms with Gasteiger partial charge in [0.05, 0.1) is 4.90 Å². The van der Waals surface area contributed by atoms with Gasteiger partial charge in [-0.2, -0.15) is 0 Å². The van der Waals surface area contributed by atoms with Crippen molar-refractivity contribution in [1.29, 1.82) is 0 Å². The van der Waals surface area contributed by atoms with Crippen molar-refractivity contribution in [2.75, 3.05) is 26.0 Å². The van der Waals surface area contributed by atoms with Crippen molar-refractivity contribution in [1.82, 2.24) is 4.31 Å². The number of nitrogens with zero attached hydrogens (tertiary/aromatic N) is 1. The van der Waals surface area contributed by atoms with Gasteiger partial charge in [-0.1, -0.05) is 0 Å². The molecule has 1 atom stereocenters. The van der Waals surface area contributed by atoms with Gasteiger partial charge in [0, 0.05) is 26.2 Å². The first kappa shape index (κ1) is 20.0. The minimum Gasteiger partial charge on any atom is -0.455 e. The molecule has 1 amide bonds. The second-order valence-electron chi connectivity index (χ2n) is 6.15. The zero-order valence-corrected chi connectivity index (χ0v) is 16.2. The first-order valence-corrected chi connectivity index (χ1v) is 9.47. The summed E-state index contributed by atoms with van der Waals surface area (Å²) in [6.45, 7) is 1.08. The van der Waals surface area contributed by atoms with Crippen LogP contribution >= 0.6 is 23.2 Å². The SMILES string of the molecule is CN(C)S(=O)(=O)c1ccc(NC(=O)COC(=O)C2(C)CC2(Cl)Cl)cc1. The van der Waals surface area contributed by atoms with Crippen molar-refractivity contribution < 1.29 is 22.7 Å². The maximum absolute atomic E-state index is 12.0. The second kappa shape index (κ2) is 6.75. The Bertz CT molecular complexity index is 793. The molecule has 1 aliphatic rings. The van der Waals surface area contributed by atoms with Gasteiger partial charge in [0.15, 0.2) is 6.61 Å². The van der Waals surface area contributed by atoms with Gasteiger partial charge in [0.25, 0.3) is 5.91 Å². The number of sulfonamides is 1. The Balaban J connectivity index is 1.90. The number of hydrogen-bond acceptors (Lipinski definition) is 5. The number of halogens is 2. The molecule has 0 radical (unpaired) electrons. The van der Waals surface area contributed by atoms with Crippen LogP contribution in [0.2, 0.25) is 0 Å². The van der Waals surface area contributed by atoms with Crippen molar-refractivity contribution in [2.24, 2.45) is 5.41 Å². The highest BCUT2D eigenvalue weighted by molar-refractivity contribution is 7.89. The summed E-state index contributed by atoms with van der Waals surface area (Å²) >= 11 is 11.7. The molecule has 0 bridgehead atoms. The number of anilines is 1. The lowest BCUT2D eigenvalue weighted by molar-refractivity contribution is -0.152. The number of rotatable bonds is 6. The van der Waals surface area contributed by atoms with E-state index in [1.807, 2.05) is 0 Å². The van der Waals surface area contributed by atoms with Gasteiger partial charge < -0.3 is 10.1 Å². The highest BCUT2D eigenvalue weighted by Gasteiger charge is 2.69. The summed E-state index contributed by atoms with van der Waals surface area (Å²) in [5, 5.41) is 2.51. The minimum absolute atomic E-state index is 0.101. The van der Waals surface area contributed by atoms with E-state index >= 15 is 0 Å². The van der Waals surface area contributed by atoms with Gasteiger partial charge in [-0.15, -0.1) is 23.2 Å². The average molecular weight is 409 g/mol. The van der Waals surface area contributed by atoms with E-state index in [1.54, 1.807) is 6.92 Å². The van der Waals surface area contributed by atoms with E-state index in [2.05, 4.69) is 5.32 Å². The molecule has 1 aromatic carbocycles. The molecule has 1 unspecified atom stereocenters. The molecule has 0 heterocycles. The van der Waals surface area contributed by atoms with Crippen molar-refractivity contribution in [2.45, 2.75) is 22.6 Å². The van der Waals surface area contributed by atoms with Crippen molar-refractivity contribution in [3.05, 3.63) is 24.3 Å². The van der Waals surface area contributed by atoms with Crippen LogP contribution < -0.4 is 5.32 Å². The fourth-order valence-electron chi connectivity index (χ4n) is 2.03. The number of ether oxygens (including phenoxy) is 1. The summed E-state index contributed by atoms with van der Waals surface area (Å²) in [4.78, 5) is 23.8. The number of benzene rings is 1. The topological polar surface area (TPSA) is 92.8 Å². The van der Waals surface area contributed by atoms with Gasteiger partial charge >= 0.3 is 5.97 Å². The fourth-order valence-corrected chi connectivity index (χ4v) is 3.62. The third-order valence-corrected chi connectivity index (χ3v) is 6.89. The summed E-state index contributed by atoms with van der Waals surface area (Å²) < 4.78 is 28.8. The largest absolute Gasteiger partial charge is 0.455 e. The number of nitrogens with one attached hydrogen (secondary N) is 1. The number of amides is 1. The minimum atomic E-state index is -3.54. The van der Waals surface area contributed by atoms with Crippen LogP contribution in [0.4, 0.5) is 5.69 Å². The molecule has 1 fully saturated rings. The fraction of sp³-hybridized carbons (Fsp3) is 0.467. The maximum atomic E-state index is 12.0. The molecule has 10 heteroatoms. The zero-order chi connectivity index (χ0) is 19.0. The quantitative estimate of drug-likeness (QED) is 0.573. The third kappa shape index (κ3) is 4.08. The van der Waals surface area contributed by atoms with Crippen LogP contribution in [0.25, 0.3) is 0 Å². The number of esters is 1. The Hall–Kier alpha value is -1.35. The predicted molar refractivity (Wildman–Crippen MR) is 94.1 cm³/mol.